The Balaban J connectivity index is 2.13. The second kappa shape index (κ2) is 4.20. The fourth-order valence-electron chi connectivity index (χ4n) is 2.64. The van der Waals surface area contributed by atoms with Gasteiger partial charge in [-0.05, 0) is 36.8 Å². The van der Waals surface area contributed by atoms with Gasteiger partial charge in [-0.25, -0.2) is 0 Å². The van der Waals surface area contributed by atoms with Crippen LogP contribution in [0.5, 0.6) is 11.5 Å². The Bertz CT molecular complexity index is 808. The molecule has 1 aromatic heterocycles. The first-order chi connectivity index (χ1) is 9.83. The number of aromatic nitrogens is 1. The molecule has 3 aromatic rings. The lowest BCUT2D eigenvalue weighted by Gasteiger charge is -2.08. The molecule has 0 spiro atoms. The highest BCUT2D eigenvalue weighted by Crippen LogP contribution is 2.45. The van der Waals surface area contributed by atoms with Crippen molar-refractivity contribution < 1.29 is 4.74 Å². The van der Waals surface area contributed by atoms with Gasteiger partial charge in [0.1, 0.15) is 11.5 Å². The summed E-state index contributed by atoms with van der Waals surface area (Å²) in [6.45, 7) is 2.06. The number of fused-ring (bicyclic) bond motifs is 5. The molecule has 2 heteroatoms. The van der Waals surface area contributed by atoms with Gasteiger partial charge in [-0.1, -0.05) is 30.3 Å². The highest BCUT2D eigenvalue weighted by molar-refractivity contribution is 5.88. The van der Waals surface area contributed by atoms with Crippen LogP contribution in [-0.2, 0) is 0 Å². The third-order valence-electron chi connectivity index (χ3n) is 3.56. The molecule has 0 radical (unpaired) electrons. The first-order valence-corrected chi connectivity index (χ1v) is 6.66. The summed E-state index contributed by atoms with van der Waals surface area (Å²) in [6, 6.07) is 18.3. The van der Waals surface area contributed by atoms with E-state index in [0.717, 1.165) is 39.4 Å². The highest BCUT2D eigenvalue weighted by Gasteiger charge is 2.20. The Morgan fingerprint density at radius 2 is 1.45 bits per heavy atom. The zero-order valence-corrected chi connectivity index (χ0v) is 11.1. The second-order valence-electron chi connectivity index (χ2n) is 5.00. The maximum Gasteiger partial charge on any atom is 0.136 e. The zero-order chi connectivity index (χ0) is 13.5. The molecule has 4 rings (SSSR count). The third kappa shape index (κ3) is 1.62. The van der Waals surface area contributed by atoms with Crippen LogP contribution in [0.25, 0.3) is 22.4 Å². The van der Waals surface area contributed by atoms with Gasteiger partial charge in [-0.3, -0.25) is 4.98 Å². The van der Waals surface area contributed by atoms with Crippen LogP contribution in [0.2, 0.25) is 0 Å². The van der Waals surface area contributed by atoms with Gasteiger partial charge in [0.05, 0.1) is 5.69 Å². The summed E-state index contributed by atoms with van der Waals surface area (Å²) in [5.41, 5.74) is 5.40. The molecule has 96 valence electrons. The van der Waals surface area contributed by atoms with Gasteiger partial charge in [0.2, 0.25) is 0 Å². The molecule has 0 bridgehead atoms. The monoisotopic (exact) mass is 259 g/mol. The lowest BCUT2D eigenvalue weighted by molar-refractivity contribution is 0.487. The summed E-state index contributed by atoms with van der Waals surface area (Å²) in [5, 5.41) is 0. The summed E-state index contributed by atoms with van der Waals surface area (Å²) in [4.78, 5) is 4.64. The van der Waals surface area contributed by atoms with Crippen LogP contribution in [0.3, 0.4) is 0 Å². The number of pyridine rings is 1. The van der Waals surface area contributed by atoms with E-state index >= 15 is 0 Å². The molecule has 2 nitrogen and oxygen atoms in total. The van der Waals surface area contributed by atoms with Gasteiger partial charge in [-0.2, -0.15) is 0 Å². The molecule has 0 amide bonds. The van der Waals surface area contributed by atoms with Crippen LogP contribution in [0.1, 0.15) is 5.56 Å². The third-order valence-corrected chi connectivity index (χ3v) is 3.56. The first kappa shape index (κ1) is 11.2. The molecule has 0 saturated carbocycles. The average Bonchev–Trinajstić information content (AvgIpc) is 2.61. The number of ether oxygens (including phenoxy) is 1. The van der Waals surface area contributed by atoms with Crippen molar-refractivity contribution in [3.05, 3.63) is 66.4 Å². The quantitative estimate of drug-likeness (QED) is 0.451. The maximum atomic E-state index is 6.08. The predicted molar refractivity (Wildman–Crippen MR) is 79.9 cm³/mol. The molecule has 0 aliphatic carbocycles. The lowest BCUT2D eigenvalue weighted by Crippen LogP contribution is -1.89. The number of hydrogen-bond donors (Lipinski definition) is 0. The minimum Gasteiger partial charge on any atom is -0.456 e. The predicted octanol–water partition coefficient (Wildman–Crippen LogP) is 4.83. The molecule has 0 fully saturated rings. The Labute approximate surface area is 117 Å². The average molecular weight is 259 g/mol. The van der Waals surface area contributed by atoms with Crippen LogP contribution in [0, 0.1) is 6.92 Å². The Hall–Kier alpha value is -2.61. The molecule has 0 unspecified atom stereocenters. The molecule has 0 atom stereocenters. The van der Waals surface area contributed by atoms with E-state index in [1.165, 1.54) is 0 Å². The van der Waals surface area contributed by atoms with Crippen LogP contribution >= 0.6 is 0 Å². The van der Waals surface area contributed by atoms with Crippen molar-refractivity contribution in [2.24, 2.45) is 0 Å². The molecule has 0 N–H and O–H groups in total. The van der Waals surface area contributed by atoms with Crippen LogP contribution in [-0.4, -0.2) is 4.98 Å². The Morgan fingerprint density at radius 1 is 0.800 bits per heavy atom. The SMILES string of the molecule is Cc1cnc2c(c1)-c1ccccc1Oc1ccccc1-2. The molecule has 1 aliphatic rings. The number of nitrogens with zero attached hydrogens (tertiary/aromatic N) is 1. The minimum absolute atomic E-state index is 0.857. The number of benzene rings is 2. The van der Waals surface area contributed by atoms with E-state index < -0.39 is 0 Å². The van der Waals surface area contributed by atoms with Gasteiger partial charge in [-0.15, -0.1) is 0 Å². The molecule has 1 aliphatic heterocycles. The van der Waals surface area contributed by atoms with Crippen molar-refractivity contribution in [2.45, 2.75) is 6.92 Å². The molecule has 2 aromatic carbocycles. The smallest absolute Gasteiger partial charge is 0.136 e. The zero-order valence-electron chi connectivity index (χ0n) is 11.1. The van der Waals surface area contributed by atoms with E-state index in [2.05, 4.69) is 30.1 Å². The molecular formula is C18H13NO. The van der Waals surface area contributed by atoms with E-state index in [9.17, 15) is 0 Å². The van der Waals surface area contributed by atoms with Gasteiger partial charge in [0.25, 0.3) is 0 Å². The highest BCUT2D eigenvalue weighted by atomic mass is 16.5. The fourth-order valence-corrected chi connectivity index (χ4v) is 2.64. The van der Waals surface area contributed by atoms with Crippen molar-refractivity contribution in [1.29, 1.82) is 0 Å². The minimum atomic E-state index is 0.857. The van der Waals surface area contributed by atoms with Crippen molar-refractivity contribution in [3.8, 4) is 33.9 Å². The van der Waals surface area contributed by atoms with Crippen molar-refractivity contribution in [3.63, 3.8) is 0 Å². The topological polar surface area (TPSA) is 22.1 Å². The summed E-state index contributed by atoms with van der Waals surface area (Å²) in [7, 11) is 0. The number of aryl methyl sites for hydroxylation is 1. The summed E-state index contributed by atoms with van der Waals surface area (Å²) in [5.74, 6) is 1.74. The van der Waals surface area contributed by atoms with Gasteiger partial charge < -0.3 is 4.74 Å². The maximum absolute atomic E-state index is 6.08. The van der Waals surface area contributed by atoms with Crippen molar-refractivity contribution in [1.82, 2.24) is 4.98 Å². The van der Waals surface area contributed by atoms with E-state index in [1.807, 2.05) is 42.6 Å². The number of para-hydroxylation sites is 2. The standard InChI is InChI=1S/C18H13NO/c1-12-10-15-13-6-2-4-8-16(13)20-17-9-5-3-7-14(17)18(15)19-11-12/h2-11H,1H3. The van der Waals surface area contributed by atoms with Gasteiger partial charge in [0.15, 0.2) is 0 Å². The normalized spacial score (nSPS) is 11.7. The fraction of sp³-hybridized carbons (Fsp3) is 0.0556. The van der Waals surface area contributed by atoms with Gasteiger partial charge >= 0.3 is 0 Å². The van der Waals surface area contributed by atoms with Crippen LogP contribution in [0.15, 0.2) is 60.8 Å². The molecule has 2 heterocycles. The van der Waals surface area contributed by atoms with Crippen molar-refractivity contribution >= 4 is 0 Å². The van der Waals surface area contributed by atoms with E-state index in [0.29, 0.717) is 0 Å². The second-order valence-corrected chi connectivity index (χ2v) is 5.00. The van der Waals surface area contributed by atoms with E-state index in [4.69, 9.17) is 4.74 Å². The molecule has 0 saturated heterocycles. The lowest BCUT2D eigenvalue weighted by atomic mass is 9.98. The van der Waals surface area contributed by atoms with Crippen LogP contribution < -0.4 is 4.74 Å². The largest absolute Gasteiger partial charge is 0.456 e. The molecular weight excluding hydrogens is 246 g/mol. The summed E-state index contributed by atoms with van der Waals surface area (Å²) in [6.07, 6.45) is 1.91. The summed E-state index contributed by atoms with van der Waals surface area (Å²) < 4.78 is 6.08. The molecule has 20 heavy (non-hydrogen) atoms. The Kier molecular flexibility index (Phi) is 2.36. The summed E-state index contributed by atoms with van der Waals surface area (Å²) >= 11 is 0. The Morgan fingerprint density at radius 3 is 2.25 bits per heavy atom. The van der Waals surface area contributed by atoms with Crippen molar-refractivity contribution in [2.75, 3.05) is 0 Å². The van der Waals surface area contributed by atoms with Gasteiger partial charge in [0, 0.05) is 22.9 Å². The number of hydrogen-bond acceptors (Lipinski definition) is 2. The first-order valence-electron chi connectivity index (χ1n) is 6.66. The van der Waals surface area contributed by atoms with Crippen LogP contribution in [0.4, 0.5) is 0 Å². The number of rotatable bonds is 0. The van der Waals surface area contributed by atoms with E-state index in [-0.39, 0.29) is 0 Å². The van der Waals surface area contributed by atoms with E-state index in [1.54, 1.807) is 0 Å².